The third kappa shape index (κ3) is 5.00. The monoisotopic (exact) mass is 326 g/mol. The maximum Gasteiger partial charge on any atom is 0.387 e. The van der Waals surface area contributed by atoms with Crippen molar-refractivity contribution in [2.24, 2.45) is 0 Å². The molecule has 0 saturated heterocycles. The third-order valence-corrected chi connectivity index (χ3v) is 2.89. The van der Waals surface area contributed by atoms with Crippen LogP contribution >= 0.6 is 27.5 Å². The molecule has 0 spiro atoms. The number of ether oxygens (including phenoxy) is 1. The largest absolute Gasteiger partial charge is 0.435 e. The van der Waals surface area contributed by atoms with E-state index in [1.807, 2.05) is 0 Å². The lowest BCUT2D eigenvalue weighted by Crippen LogP contribution is -2.06. The second-order valence-corrected chi connectivity index (χ2v) is 4.17. The van der Waals surface area contributed by atoms with Gasteiger partial charge < -0.3 is 4.74 Å². The van der Waals surface area contributed by atoms with E-state index in [-0.39, 0.29) is 29.2 Å². The van der Waals surface area contributed by atoms with Crippen molar-refractivity contribution in [3.63, 3.8) is 0 Å². The molecule has 0 aromatic heterocycles. The number of ketones is 1. The first-order valence-electron chi connectivity index (χ1n) is 4.76. The van der Waals surface area contributed by atoms with Crippen LogP contribution in [0, 0.1) is 0 Å². The second-order valence-electron chi connectivity index (χ2n) is 3.35. The molecule has 17 heavy (non-hydrogen) atoms. The van der Waals surface area contributed by atoms with E-state index in [9.17, 15) is 13.6 Å². The lowest BCUT2D eigenvalue weighted by atomic mass is 10.1. The molecule has 1 aromatic rings. The van der Waals surface area contributed by atoms with Crippen LogP contribution in [0.1, 0.15) is 11.1 Å². The Morgan fingerprint density at radius 1 is 1.35 bits per heavy atom. The fourth-order valence-corrected chi connectivity index (χ4v) is 1.71. The van der Waals surface area contributed by atoms with E-state index in [1.54, 1.807) is 6.07 Å². The summed E-state index contributed by atoms with van der Waals surface area (Å²) in [6.07, 6.45) is 0.162. The summed E-state index contributed by atoms with van der Waals surface area (Å²) < 4.78 is 28.5. The highest BCUT2D eigenvalue weighted by molar-refractivity contribution is 9.09. The Morgan fingerprint density at radius 2 is 2.00 bits per heavy atom. The lowest BCUT2D eigenvalue weighted by molar-refractivity contribution is -0.115. The lowest BCUT2D eigenvalue weighted by Gasteiger charge is -2.08. The Hall–Kier alpha value is -0.680. The molecule has 0 radical (unpaired) electrons. The van der Waals surface area contributed by atoms with Crippen molar-refractivity contribution in [2.75, 3.05) is 5.33 Å². The van der Waals surface area contributed by atoms with E-state index in [0.717, 1.165) is 0 Å². The highest BCUT2D eigenvalue weighted by Crippen LogP contribution is 2.21. The van der Waals surface area contributed by atoms with Crippen LogP contribution in [-0.2, 0) is 17.1 Å². The minimum Gasteiger partial charge on any atom is -0.435 e. The van der Waals surface area contributed by atoms with Crippen LogP contribution in [0.3, 0.4) is 0 Å². The normalized spacial score (nSPS) is 10.6. The van der Waals surface area contributed by atoms with E-state index in [4.69, 9.17) is 11.6 Å². The van der Waals surface area contributed by atoms with Gasteiger partial charge in [0.2, 0.25) is 0 Å². The van der Waals surface area contributed by atoms with Crippen LogP contribution in [0.2, 0.25) is 0 Å². The van der Waals surface area contributed by atoms with Crippen molar-refractivity contribution in [1.82, 2.24) is 0 Å². The summed E-state index contributed by atoms with van der Waals surface area (Å²) in [4.78, 5) is 11.2. The molecule has 0 aliphatic carbocycles. The zero-order chi connectivity index (χ0) is 12.8. The van der Waals surface area contributed by atoms with Gasteiger partial charge in [-0.05, 0) is 23.3 Å². The zero-order valence-corrected chi connectivity index (χ0v) is 11.1. The van der Waals surface area contributed by atoms with Gasteiger partial charge in [0.1, 0.15) is 11.5 Å². The van der Waals surface area contributed by atoms with E-state index >= 15 is 0 Å². The first-order valence-corrected chi connectivity index (χ1v) is 6.42. The number of carbonyl (C=O) groups excluding carboxylic acids is 1. The fraction of sp³-hybridized carbons (Fsp3) is 0.364. The zero-order valence-electron chi connectivity index (χ0n) is 8.76. The molecule has 6 heteroatoms. The molecule has 0 aliphatic heterocycles. The number of rotatable bonds is 6. The van der Waals surface area contributed by atoms with Crippen LogP contribution in [0.5, 0.6) is 5.75 Å². The predicted octanol–water partition coefficient (Wildman–Crippen LogP) is 3.53. The van der Waals surface area contributed by atoms with Crippen molar-refractivity contribution in [3.8, 4) is 5.75 Å². The summed E-state index contributed by atoms with van der Waals surface area (Å²) in [5.41, 5.74) is 1.26. The van der Waals surface area contributed by atoms with Gasteiger partial charge in [-0.1, -0.05) is 22.0 Å². The predicted molar refractivity (Wildman–Crippen MR) is 65.1 cm³/mol. The first-order chi connectivity index (χ1) is 8.05. The van der Waals surface area contributed by atoms with Crippen molar-refractivity contribution in [3.05, 3.63) is 29.3 Å². The van der Waals surface area contributed by atoms with Gasteiger partial charge in [-0.2, -0.15) is 8.78 Å². The van der Waals surface area contributed by atoms with Gasteiger partial charge in [0, 0.05) is 12.3 Å². The van der Waals surface area contributed by atoms with Gasteiger partial charge in [-0.25, -0.2) is 0 Å². The molecule has 0 fully saturated rings. The summed E-state index contributed by atoms with van der Waals surface area (Å²) in [5, 5.41) is 0.225. The first kappa shape index (κ1) is 14.4. The summed E-state index contributed by atoms with van der Waals surface area (Å²) in [6.45, 7) is -2.89. The Morgan fingerprint density at radius 3 is 2.53 bits per heavy atom. The number of hydrogen-bond acceptors (Lipinski definition) is 2. The van der Waals surface area contributed by atoms with Gasteiger partial charge in [0.25, 0.3) is 0 Å². The minimum atomic E-state index is -2.89. The Kier molecular flexibility index (Phi) is 5.85. The van der Waals surface area contributed by atoms with Gasteiger partial charge in [0.15, 0.2) is 0 Å². The molecule has 1 aromatic carbocycles. The van der Waals surface area contributed by atoms with Crippen LogP contribution in [-0.4, -0.2) is 17.7 Å². The fourth-order valence-electron chi connectivity index (χ4n) is 1.35. The molecule has 0 aliphatic rings. The van der Waals surface area contributed by atoms with Gasteiger partial charge >= 0.3 is 6.61 Å². The van der Waals surface area contributed by atoms with E-state index < -0.39 is 6.61 Å². The van der Waals surface area contributed by atoms with Crippen LogP contribution in [0.4, 0.5) is 8.78 Å². The van der Waals surface area contributed by atoms with Crippen molar-refractivity contribution in [2.45, 2.75) is 18.9 Å². The minimum absolute atomic E-state index is 0.0236. The maximum absolute atomic E-state index is 12.1. The number of halogens is 4. The molecule has 0 unspecified atom stereocenters. The summed E-state index contributed by atoms with van der Waals surface area (Å²) in [5.74, 6) is 0.158. The Bertz CT molecular complexity index is 399. The van der Waals surface area contributed by atoms with E-state index in [2.05, 4.69) is 20.7 Å². The number of hydrogen-bond donors (Lipinski definition) is 0. The van der Waals surface area contributed by atoms with E-state index in [0.29, 0.717) is 11.1 Å². The number of benzene rings is 1. The molecule has 0 amide bonds. The molecule has 94 valence electrons. The average Bonchev–Trinajstić information content (AvgIpc) is 2.27. The molecule has 0 N–H and O–H groups in total. The van der Waals surface area contributed by atoms with Crippen molar-refractivity contribution < 1.29 is 18.3 Å². The highest BCUT2D eigenvalue weighted by atomic mass is 79.9. The van der Waals surface area contributed by atoms with Gasteiger partial charge in [0.05, 0.1) is 5.33 Å². The molecule has 0 bridgehead atoms. The third-order valence-electron chi connectivity index (χ3n) is 1.96. The maximum atomic E-state index is 12.1. The van der Waals surface area contributed by atoms with E-state index in [1.165, 1.54) is 12.1 Å². The average molecular weight is 328 g/mol. The standard InChI is InChI=1S/C11H10BrClF2O2/c12-5-9(16)2-7-1-8(6-13)4-10(3-7)17-11(14)15/h1,3-4,11H,2,5-6H2. The molecule has 0 atom stereocenters. The van der Waals surface area contributed by atoms with Crippen LogP contribution < -0.4 is 4.74 Å². The summed E-state index contributed by atoms with van der Waals surface area (Å²) >= 11 is 8.68. The molecule has 0 heterocycles. The Balaban J connectivity index is 2.92. The molecule has 1 rings (SSSR count). The summed E-state index contributed by atoms with van der Waals surface area (Å²) in [7, 11) is 0. The molecular formula is C11H10BrClF2O2. The molecule has 2 nitrogen and oxygen atoms in total. The smallest absolute Gasteiger partial charge is 0.387 e. The topological polar surface area (TPSA) is 26.3 Å². The van der Waals surface area contributed by atoms with Crippen LogP contribution in [0.15, 0.2) is 18.2 Å². The van der Waals surface area contributed by atoms with Gasteiger partial charge in [-0.3, -0.25) is 4.79 Å². The summed E-state index contributed by atoms with van der Waals surface area (Å²) in [6, 6.07) is 4.55. The second kappa shape index (κ2) is 6.91. The van der Waals surface area contributed by atoms with Gasteiger partial charge in [-0.15, -0.1) is 11.6 Å². The molecular weight excluding hydrogens is 317 g/mol. The quantitative estimate of drug-likeness (QED) is 0.747. The Labute approximate surface area is 111 Å². The number of Topliss-reactive ketones (excluding diaryl/α,β-unsaturated/α-hetero) is 1. The van der Waals surface area contributed by atoms with Crippen LogP contribution in [0.25, 0.3) is 0 Å². The number of alkyl halides is 4. The highest BCUT2D eigenvalue weighted by Gasteiger charge is 2.09. The molecule has 0 saturated carbocycles. The SMILES string of the molecule is O=C(CBr)Cc1cc(CCl)cc(OC(F)F)c1. The van der Waals surface area contributed by atoms with Crippen molar-refractivity contribution >= 4 is 33.3 Å². The number of carbonyl (C=O) groups is 1. The van der Waals surface area contributed by atoms with Crippen molar-refractivity contribution in [1.29, 1.82) is 0 Å².